The molecule has 6 heteroatoms. The van der Waals surface area contributed by atoms with Gasteiger partial charge in [-0.05, 0) is 37.8 Å². The van der Waals surface area contributed by atoms with E-state index in [0.29, 0.717) is 28.5 Å². The minimum Gasteiger partial charge on any atom is -0.352 e. The molecule has 5 nitrogen and oxygen atoms in total. The predicted molar refractivity (Wildman–Crippen MR) is 111 cm³/mol. The number of fused-ring (bicyclic) bond motifs is 1. The van der Waals surface area contributed by atoms with Gasteiger partial charge in [0, 0.05) is 12.6 Å². The van der Waals surface area contributed by atoms with Gasteiger partial charge >= 0.3 is 0 Å². The summed E-state index contributed by atoms with van der Waals surface area (Å²) >= 11 is 1.33. The van der Waals surface area contributed by atoms with Crippen LogP contribution in [0.2, 0.25) is 0 Å². The first-order valence-electron chi connectivity index (χ1n) is 9.58. The molecule has 1 aliphatic carbocycles. The van der Waals surface area contributed by atoms with E-state index in [9.17, 15) is 9.59 Å². The van der Waals surface area contributed by atoms with Gasteiger partial charge in [0.1, 0.15) is 0 Å². The number of hydrogen-bond donors (Lipinski definition) is 1. The van der Waals surface area contributed by atoms with E-state index in [1.54, 1.807) is 16.7 Å². The van der Waals surface area contributed by atoms with E-state index in [-0.39, 0.29) is 22.8 Å². The summed E-state index contributed by atoms with van der Waals surface area (Å²) in [6, 6.07) is 7.54. The number of allylic oxidation sites excluding steroid dienone is 1. The third-order valence-electron chi connectivity index (χ3n) is 5.23. The predicted octanol–water partition coefficient (Wildman–Crippen LogP) is 3.76. The molecule has 1 aliphatic rings. The molecule has 1 fully saturated rings. The fourth-order valence-electron chi connectivity index (χ4n) is 3.57. The fourth-order valence-corrected chi connectivity index (χ4v) is 4.50. The lowest BCUT2D eigenvalue weighted by atomic mass is 9.86. The number of benzene rings is 1. The Hall–Kier alpha value is -2.08. The first kappa shape index (κ1) is 19.7. The minimum absolute atomic E-state index is 0.00584. The molecule has 2 aromatic rings. The second kappa shape index (κ2) is 8.74. The van der Waals surface area contributed by atoms with Crippen LogP contribution < -0.4 is 10.9 Å². The van der Waals surface area contributed by atoms with Crippen LogP contribution in [-0.4, -0.2) is 26.8 Å². The van der Waals surface area contributed by atoms with Crippen molar-refractivity contribution in [3.05, 3.63) is 47.3 Å². The molecule has 1 aromatic heterocycles. The van der Waals surface area contributed by atoms with Crippen molar-refractivity contribution in [2.45, 2.75) is 62.5 Å². The van der Waals surface area contributed by atoms with E-state index in [2.05, 4.69) is 23.8 Å². The monoisotopic (exact) mass is 385 g/mol. The molecule has 144 valence electrons. The Kier molecular flexibility index (Phi) is 6.37. The molecule has 1 aromatic carbocycles. The average molecular weight is 386 g/mol. The molecule has 3 atom stereocenters. The minimum atomic E-state index is -0.330. The van der Waals surface area contributed by atoms with Crippen LogP contribution >= 0.6 is 11.8 Å². The van der Waals surface area contributed by atoms with Crippen molar-refractivity contribution in [1.29, 1.82) is 0 Å². The van der Waals surface area contributed by atoms with Crippen LogP contribution in [0.3, 0.4) is 0 Å². The number of carbonyl (C=O) groups is 1. The van der Waals surface area contributed by atoms with Crippen LogP contribution in [-0.2, 0) is 11.3 Å². The van der Waals surface area contributed by atoms with Gasteiger partial charge in [-0.1, -0.05) is 49.7 Å². The van der Waals surface area contributed by atoms with Gasteiger partial charge in [-0.3, -0.25) is 14.2 Å². The molecule has 1 amide bonds. The lowest BCUT2D eigenvalue weighted by Crippen LogP contribution is -2.44. The Morgan fingerprint density at radius 1 is 1.41 bits per heavy atom. The van der Waals surface area contributed by atoms with Gasteiger partial charge in [0.2, 0.25) is 5.91 Å². The van der Waals surface area contributed by atoms with E-state index in [1.165, 1.54) is 24.6 Å². The molecule has 1 N–H and O–H groups in total. The topological polar surface area (TPSA) is 64.0 Å². The van der Waals surface area contributed by atoms with Crippen LogP contribution in [0.5, 0.6) is 0 Å². The maximum absolute atomic E-state index is 12.8. The van der Waals surface area contributed by atoms with Gasteiger partial charge in [0.25, 0.3) is 5.56 Å². The van der Waals surface area contributed by atoms with E-state index in [0.717, 1.165) is 12.8 Å². The van der Waals surface area contributed by atoms with Crippen molar-refractivity contribution in [1.82, 2.24) is 14.9 Å². The van der Waals surface area contributed by atoms with Crippen LogP contribution in [0, 0.1) is 5.92 Å². The Bertz CT molecular complexity index is 893. The van der Waals surface area contributed by atoms with E-state index in [1.807, 2.05) is 25.1 Å². The number of hydrogen-bond acceptors (Lipinski definition) is 4. The molecule has 27 heavy (non-hydrogen) atoms. The number of rotatable bonds is 6. The molecular weight excluding hydrogens is 358 g/mol. The molecule has 3 rings (SSSR count). The molecular formula is C21H27N3O2S. The number of thioether (sulfide) groups is 1. The number of carbonyl (C=O) groups excluding carboxylic acids is 1. The van der Waals surface area contributed by atoms with E-state index >= 15 is 0 Å². The summed E-state index contributed by atoms with van der Waals surface area (Å²) in [5.74, 6) is 0.518. The summed E-state index contributed by atoms with van der Waals surface area (Å²) in [7, 11) is 0. The van der Waals surface area contributed by atoms with Gasteiger partial charge in [0.15, 0.2) is 5.16 Å². The lowest BCUT2D eigenvalue weighted by molar-refractivity contribution is -0.121. The zero-order valence-corrected chi connectivity index (χ0v) is 16.8. The highest BCUT2D eigenvalue weighted by atomic mass is 32.2. The summed E-state index contributed by atoms with van der Waals surface area (Å²) < 4.78 is 1.59. The Morgan fingerprint density at radius 3 is 2.89 bits per heavy atom. The molecule has 1 saturated carbocycles. The van der Waals surface area contributed by atoms with Crippen LogP contribution in [0.15, 0.2) is 46.9 Å². The zero-order valence-electron chi connectivity index (χ0n) is 16.0. The number of para-hydroxylation sites is 1. The van der Waals surface area contributed by atoms with Gasteiger partial charge in [-0.2, -0.15) is 0 Å². The Morgan fingerprint density at radius 2 is 2.15 bits per heavy atom. The highest BCUT2D eigenvalue weighted by Gasteiger charge is 2.26. The fraction of sp³-hybridized carbons (Fsp3) is 0.476. The molecule has 0 aliphatic heterocycles. The summed E-state index contributed by atoms with van der Waals surface area (Å²) in [4.78, 5) is 30.2. The van der Waals surface area contributed by atoms with Crippen molar-refractivity contribution in [3.8, 4) is 0 Å². The smallest absolute Gasteiger partial charge is 0.262 e. The standard InChI is InChI=1S/C21H27N3O2S/c1-4-13-24-20(26)16-10-6-8-12-18(16)23-21(24)27-15(3)19(25)22-17-11-7-5-9-14(17)2/h4,6,8,10,12,14-15,17H,1,5,7,9,11,13H2,2-3H3,(H,22,25)/t14-,15-,17+/m1/s1. The van der Waals surface area contributed by atoms with Crippen molar-refractivity contribution in [2.75, 3.05) is 0 Å². The summed E-state index contributed by atoms with van der Waals surface area (Å²) in [5.41, 5.74) is 0.551. The summed E-state index contributed by atoms with van der Waals surface area (Å²) in [5, 5.41) is 4.00. The van der Waals surface area contributed by atoms with Gasteiger partial charge in [-0.25, -0.2) is 4.98 Å². The van der Waals surface area contributed by atoms with E-state index < -0.39 is 0 Å². The molecule has 0 saturated heterocycles. The largest absolute Gasteiger partial charge is 0.352 e. The van der Waals surface area contributed by atoms with Crippen LogP contribution in [0.25, 0.3) is 10.9 Å². The maximum Gasteiger partial charge on any atom is 0.262 e. The van der Waals surface area contributed by atoms with Gasteiger partial charge < -0.3 is 5.32 Å². The van der Waals surface area contributed by atoms with Gasteiger partial charge in [0.05, 0.1) is 16.2 Å². The number of aromatic nitrogens is 2. The molecule has 0 radical (unpaired) electrons. The highest BCUT2D eigenvalue weighted by molar-refractivity contribution is 8.00. The second-order valence-corrected chi connectivity index (χ2v) is 8.56. The number of amides is 1. The second-order valence-electron chi connectivity index (χ2n) is 7.25. The van der Waals surface area contributed by atoms with Crippen molar-refractivity contribution < 1.29 is 4.79 Å². The molecule has 0 bridgehead atoms. The molecule has 0 spiro atoms. The summed E-state index contributed by atoms with van der Waals surface area (Å²) in [6.45, 7) is 8.18. The highest BCUT2D eigenvalue weighted by Crippen LogP contribution is 2.26. The third kappa shape index (κ3) is 4.43. The third-order valence-corrected chi connectivity index (χ3v) is 6.32. The molecule has 1 heterocycles. The average Bonchev–Trinajstić information content (AvgIpc) is 2.66. The SMILES string of the molecule is C=CCn1c(S[C@H](C)C(=O)N[C@H]2CCCC[C@H]2C)nc2ccccc2c1=O. The summed E-state index contributed by atoms with van der Waals surface area (Å²) in [6.07, 6.45) is 6.29. The lowest BCUT2D eigenvalue weighted by Gasteiger charge is -2.30. The van der Waals surface area contributed by atoms with Crippen molar-refractivity contribution in [2.24, 2.45) is 5.92 Å². The normalized spacial score (nSPS) is 21.0. The number of nitrogens with zero attached hydrogens (tertiary/aromatic N) is 2. The van der Waals surface area contributed by atoms with E-state index in [4.69, 9.17) is 0 Å². The quantitative estimate of drug-likeness (QED) is 0.467. The van der Waals surface area contributed by atoms with Crippen molar-refractivity contribution >= 4 is 28.6 Å². The Balaban J connectivity index is 1.82. The van der Waals surface area contributed by atoms with Crippen LogP contribution in [0.4, 0.5) is 0 Å². The van der Waals surface area contributed by atoms with Crippen molar-refractivity contribution in [3.63, 3.8) is 0 Å². The number of nitrogens with one attached hydrogen (secondary N) is 1. The first-order chi connectivity index (χ1) is 13.0. The first-order valence-corrected chi connectivity index (χ1v) is 10.5. The van der Waals surface area contributed by atoms with Gasteiger partial charge in [-0.15, -0.1) is 6.58 Å². The zero-order chi connectivity index (χ0) is 19.4. The maximum atomic E-state index is 12.8. The van der Waals surface area contributed by atoms with Crippen LogP contribution in [0.1, 0.15) is 39.5 Å². The molecule has 0 unspecified atom stereocenters. The Labute approximate surface area is 164 Å².